The summed E-state index contributed by atoms with van der Waals surface area (Å²) in [5.74, 6) is 1.91. The molecule has 5 heteroatoms. The third kappa shape index (κ3) is 5.30. The molecule has 1 aliphatic rings. The van der Waals surface area contributed by atoms with Crippen molar-refractivity contribution in [2.24, 2.45) is 15.7 Å². The smallest absolute Gasteiger partial charge is 0.160 e. The van der Waals surface area contributed by atoms with Gasteiger partial charge in [0.15, 0.2) is 5.84 Å². The van der Waals surface area contributed by atoms with E-state index in [2.05, 4.69) is 78.9 Å². The van der Waals surface area contributed by atoms with Crippen LogP contribution in [0.4, 0.5) is 0 Å². The van der Waals surface area contributed by atoms with E-state index in [4.69, 9.17) is 24.6 Å². The molecule has 1 aliphatic carbocycles. The quantitative estimate of drug-likeness (QED) is 0.144. The van der Waals surface area contributed by atoms with Crippen LogP contribution in [0, 0.1) is 0 Å². The van der Waals surface area contributed by atoms with Crippen molar-refractivity contribution in [3.05, 3.63) is 174 Å². The van der Waals surface area contributed by atoms with Crippen LogP contribution < -0.4 is 5.73 Å². The van der Waals surface area contributed by atoms with Crippen LogP contribution in [0.2, 0.25) is 0 Å². The molecule has 0 radical (unpaired) electrons. The van der Waals surface area contributed by atoms with Gasteiger partial charge in [-0.2, -0.15) is 0 Å². The first-order valence-electron chi connectivity index (χ1n) is 16.9. The van der Waals surface area contributed by atoms with Crippen LogP contribution in [0.1, 0.15) is 34.8 Å². The molecule has 2 N–H and O–H groups in total. The zero-order chi connectivity index (χ0) is 33.4. The summed E-state index contributed by atoms with van der Waals surface area (Å²) in [6.45, 7) is 0.471. The van der Waals surface area contributed by atoms with Crippen LogP contribution in [-0.2, 0) is 0 Å². The van der Waals surface area contributed by atoms with Gasteiger partial charge in [0.2, 0.25) is 0 Å². The second kappa shape index (κ2) is 12.5. The molecule has 1 atom stereocenters. The number of para-hydroxylation sites is 3. The van der Waals surface area contributed by atoms with Gasteiger partial charge < -0.3 is 14.6 Å². The Morgan fingerprint density at radius 2 is 1.32 bits per heavy atom. The molecule has 2 aromatic heterocycles. The molecule has 240 valence electrons. The van der Waals surface area contributed by atoms with Crippen molar-refractivity contribution in [3.8, 4) is 22.3 Å². The van der Waals surface area contributed by atoms with Crippen molar-refractivity contribution in [1.82, 2.24) is 0 Å². The van der Waals surface area contributed by atoms with Crippen LogP contribution in [0.25, 0.3) is 61.2 Å². The predicted molar refractivity (Wildman–Crippen MR) is 206 cm³/mol. The maximum atomic E-state index is 6.84. The van der Waals surface area contributed by atoms with Crippen LogP contribution in [0.5, 0.6) is 0 Å². The first-order valence-corrected chi connectivity index (χ1v) is 16.9. The van der Waals surface area contributed by atoms with E-state index < -0.39 is 0 Å². The normalized spacial score (nSPS) is 14.8. The van der Waals surface area contributed by atoms with Gasteiger partial charge in [-0.05, 0) is 41.3 Å². The number of hydrogen-bond acceptors (Lipinski definition) is 3. The minimum Gasteiger partial charge on any atom is -0.460 e. The lowest BCUT2D eigenvalue weighted by molar-refractivity contribution is 0.490. The summed E-state index contributed by atoms with van der Waals surface area (Å²) in [5, 5.41) is 3.16. The molecule has 0 fully saturated rings. The van der Waals surface area contributed by atoms with Gasteiger partial charge in [0.05, 0.1) is 12.1 Å². The summed E-state index contributed by atoms with van der Waals surface area (Å²) >= 11 is 0. The van der Waals surface area contributed by atoms with Gasteiger partial charge in [-0.1, -0.05) is 140 Å². The van der Waals surface area contributed by atoms with E-state index in [1.807, 2.05) is 78.9 Å². The molecular formula is C45H33N3O2. The Kier molecular flexibility index (Phi) is 7.43. The van der Waals surface area contributed by atoms with Crippen molar-refractivity contribution >= 4 is 50.7 Å². The van der Waals surface area contributed by atoms with Crippen LogP contribution in [0.15, 0.2) is 170 Å². The number of fused-ring (bicyclic) bond motifs is 6. The van der Waals surface area contributed by atoms with Gasteiger partial charge in [-0.25, -0.2) is 4.99 Å². The first kappa shape index (κ1) is 29.7. The third-order valence-corrected chi connectivity index (χ3v) is 9.54. The highest BCUT2D eigenvalue weighted by atomic mass is 16.3. The molecule has 5 nitrogen and oxygen atoms in total. The zero-order valence-electron chi connectivity index (χ0n) is 27.3. The number of rotatable bonds is 6. The number of hydrogen-bond donors (Lipinski definition) is 1. The maximum Gasteiger partial charge on any atom is 0.160 e. The fourth-order valence-corrected chi connectivity index (χ4v) is 7.06. The van der Waals surface area contributed by atoms with E-state index in [1.165, 1.54) is 0 Å². The summed E-state index contributed by atoms with van der Waals surface area (Å²) in [7, 11) is 0. The topological polar surface area (TPSA) is 77.0 Å². The Morgan fingerprint density at radius 1 is 0.640 bits per heavy atom. The number of amidine groups is 2. The Bertz CT molecular complexity index is 2610. The van der Waals surface area contributed by atoms with Crippen molar-refractivity contribution in [2.45, 2.75) is 12.3 Å². The van der Waals surface area contributed by atoms with Crippen LogP contribution in [0.3, 0.4) is 0 Å². The van der Waals surface area contributed by atoms with Gasteiger partial charge >= 0.3 is 0 Å². The molecule has 9 rings (SSSR count). The average Bonchev–Trinajstić information content (AvgIpc) is 3.76. The summed E-state index contributed by atoms with van der Waals surface area (Å²) in [4.78, 5) is 10.3. The SMILES string of the molecule is NC(=NC(=NCC1CC=Cc2c1oc1ccccc21)c1cccc2c1oc1c(-c3ccccc3)cccc12)c1cccc(-c2ccccc2)c1. The van der Waals surface area contributed by atoms with E-state index in [0.717, 1.165) is 84.0 Å². The van der Waals surface area contributed by atoms with Gasteiger partial charge in [0.1, 0.15) is 28.3 Å². The highest BCUT2D eigenvalue weighted by Crippen LogP contribution is 2.39. The lowest BCUT2D eigenvalue weighted by Gasteiger charge is -2.16. The number of benzene rings is 6. The Morgan fingerprint density at radius 3 is 2.16 bits per heavy atom. The summed E-state index contributed by atoms with van der Waals surface area (Å²) in [5.41, 5.74) is 16.3. The minimum absolute atomic E-state index is 0.0507. The number of nitrogens with zero attached hydrogens (tertiary/aromatic N) is 2. The largest absolute Gasteiger partial charge is 0.460 e. The second-order valence-electron chi connectivity index (χ2n) is 12.7. The predicted octanol–water partition coefficient (Wildman–Crippen LogP) is 11.0. The fourth-order valence-electron chi connectivity index (χ4n) is 7.06. The van der Waals surface area contributed by atoms with Crippen molar-refractivity contribution in [2.75, 3.05) is 6.54 Å². The maximum absolute atomic E-state index is 6.84. The zero-order valence-corrected chi connectivity index (χ0v) is 27.3. The van der Waals surface area contributed by atoms with E-state index in [0.29, 0.717) is 18.2 Å². The standard InChI is InChI=1S/C45H33N3O2/c46-44(32-18-9-17-31(27-32)29-13-3-1-4-14-29)48-45(47-28-33-19-10-22-36-35-20-7-8-26-40(35)49-41(33)36)39-25-12-24-38-37-23-11-21-34(42(37)50-43(38)39)30-15-5-2-6-16-30/h1-18,20-27,33H,19,28H2,(H2,46,47,48). The molecule has 1 unspecified atom stereocenters. The Balaban J connectivity index is 1.18. The summed E-state index contributed by atoms with van der Waals surface area (Å²) in [6, 6.07) is 49.4. The molecule has 0 saturated heterocycles. The van der Waals surface area contributed by atoms with E-state index in [1.54, 1.807) is 0 Å². The van der Waals surface area contributed by atoms with Gasteiger partial charge in [-0.15, -0.1) is 0 Å². The number of nitrogens with two attached hydrogens (primary N) is 1. The highest BCUT2D eigenvalue weighted by Gasteiger charge is 2.24. The number of allylic oxidation sites excluding steroid dienone is 1. The van der Waals surface area contributed by atoms with Crippen LogP contribution >= 0.6 is 0 Å². The minimum atomic E-state index is 0.0507. The molecule has 0 amide bonds. The Hall–Kier alpha value is -6.46. The highest BCUT2D eigenvalue weighted by molar-refractivity contribution is 6.19. The van der Waals surface area contributed by atoms with Crippen molar-refractivity contribution in [3.63, 3.8) is 0 Å². The Labute approximate surface area is 289 Å². The number of furan rings is 2. The van der Waals surface area contributed by atoms with Gasteiger partial charge in [-0.3, -0.25) is 4.99 Å². The fraction of sp³-hybridized carbons (Fsp3) is 0.0667. The molecule has 0 aliphatic heterocycles. The van der Waals surface area contributed by atoms with E-state index in [9.17, 15) is 0 Å². The molecule has 0 spiro atoms. The van der Waals surface area contributed by atoms with Gasteiger partial charge in [0.25, 0.3) is 0 Å². The molecule has 50 heavy (non-hydrogen) atoms. The number of aliphatic imine (C=N–C) groups is 2. The van der Waals surface area contributed by atoms with Crippen molar-refractivity contribution in [1.29, 1.82) is 0 Å². The molecule has 0 bridgehead atoms. The second-order valence-corrected chi connectivity index (χ2v) is 12.7. The monoisotopic (exact) mass is 647 g/mol. The summed E-state index contributed by atoms with van der Waals surface area (Å²) < 4.78 is 13.2. The van der Waals surface area contributed by atoms with E-state index >= 15 is 0 Å². The molecule has 6 aromatic carbocycles. The molecule has 8 aromatic rings. The van der Waals surface area contributed by atoms with Crippen molar-refractivity contribution < 1.29 is 8.83 Å². The summed E-state index contributed by atoms with van der Waals surface area (Å²) in [6.07, 6.45) is 5.19. The lowest BCUT2D eigenvalue weighted by Crippen LogP contribution is -2.17. The average molecular weight is 648 g/mol. The van der Waals surface area contributed by atoms with Crippen LogP contribution in [-0.4, -0.2) is 18.2 Å². The third-order valence-electron chi connectivity index (χ3n) is 9.54. The molecule has 2 heterocycles. The lowest BCUT2D eigenvalue weighted by atomic mass is 9.92. The van der Waals surface area contributed by atoms with Gasteiger partial charge in [0, 0.05) is 38.8 Å². The van der Waals surface area contributed by atoms with E-state index in [-0.39, 0.29) is 5.92 Å². The molecular weight excluding hydrogens is 615 g/mol. The molecule has 0 saturated carbocycles. The first-order chi connectivity index (χ1) is 24.7.